The number of rotatable bonds is 7. The summed E-state index contributed by atoms with van der Waals surface area (Å²) in [6.45, 7) is 3.84. The van der Waals surface area contributed by atoms with Gasteiger partial charge in [-0.2, -0.15) is 5.10 Å². The van der Waals surface area contributed by atoms with Gasteiger partial charge in [0.05, 0.1) is 34.4 Å². The summed E-state index contributed by atoms with van der Waals surface area (Å²) in [6, 6.07) is 12.0. The summed E-state index contributed by atoms with van der Waals surface area (Å²) in [6.07, 6.45) is 9.37. The minimum absolute atomic E-state index is 0.156. The van der Waals surface area contributed by atoms with Crippen LogP contribution in [0.3, 0.4) is 0 Å². The molecule has 196 valence electrons. The highest BCUT2D eigenvalue weighted by molar-refractivity contribution is 7.16. The quantitative estimate of drug-likeness (QED) is 0.292. The second-order valence-electron chi connectivity index (χ2n) is 9.99. The maximum atomic E-state index is 12.9. The molecule has 1 atom stereocenters. The van der Waals surface area contributed by atoms with E-state index in [1.54, 1.807) is 16.9 Å². The van der Waals surface area contributed by atoms with E-state index in [9.17, 15) is 9.59 Å². The van der Waals surface area contributed by atoms with Crippen LogP contribution in [-0.2, 0) is 19.5 Å². The van der Waals surface area contributed by atoms with E-state index in [-0.39, 0.29) is 17.5 Å². The number of pyridine rings is 1. The summed E-state index contributed by atoms with van der Waals surface area (Å²) >= 11 is 7.49. The second-order valence-corrected chi connectivity index (χ2v) is 11.8. The summed E-state index contributed by atoms with van der Waals surface area (Å²) in [4.78, 5) is 32.0. The van der Waals surface area contributed by atoms with E-state index in [2.05, 4.69) is 43.8 Å². The maximum absolute atomic E-state index is 12.9. The Morgan fingerprint density at radius 1 is 1.13 bits per heavy atom. The first kappa shape index (κ1) is 24.9. The van der Waals surface area contributed by atoms with Crippen LogP contribution in [0.15, 0.2) is 59.8 Å². The molecule has 1 aromatic carbocycles. The van der Waals surface area contributed by atoms with E-state index < -0.39 is 0 Å². The number of amides is 1. The zero-order valence-corrected chi connectivity index (χ0v) is 22.4. The van der Waals surface area contributed by atoms with Crippen molar-refractivity contribution in [3.05, 3.63) is 96.8 Å². The molecule has 2 aliphatic rings. The number of nitrogens with zero attached hydrogens (tertiary/aromatic N) is 3. The minimum atomic E-state index is -0.288. The first-order valence-electron chi connectivity index (χ1n) is 12.9. The molecule has 8 nitrogen and oxygen atoms in total. The predicted octanol–water partition coefficient (Wildman–Crippen LogP) is 5.28. The van der Waals surface area contributed by atoms with Gasteiger partial charge in [0.25, 0.3) is 11.5 Å². The number of fused-ring (bicyclic) bond motifs is 1. The topological polar surface area (TPSA) is 95.1 Å². The molecule has 38 heavy (non-hydrogen) atoms. The summed E-state index contributed by atoms with van der Waals surface area (Å²) < 4.78 is 2.42. The summed E-state index contributed by atoms with van der Waals surface area (Å²) in [7, 11) is 0. The Hall–Kier alpha value is -3.40. The van der Waals surface area contributed by atoms with Gasteiger partial charge in [-0.25, -0.2) is 0 Å². The van der Waals surface area contributed by atoms with E-state index in [0.29, 0.717) is 23.4 Å². The zero-order valence-electron chi connectivity index (χ0n) is 20.9. The molecule has 4 aromatic rings. The number of aromatic amines is 1. The number of carbonyl (C=O) groups is 1. The summed E-state index contributed by atoms with van der Waals surface area (Å²) in [5.74, 6) is -0.288. The first-order valence-corrected chi connectivity index (χ1v) is 14.1. The Morgan fingerprint density at radius 2 is 2.00 bits per heavy atom. The lowest BCUT2D eigenvalue weighted by molar-refractivity contribution is 0.102. The first-order chi connectivity index (χ1) is 18.5. The molecule has 5 heterocycles. The average Bonchev–Trinajstić information content (AvgIpc) is 3.66. The van der Waals surface area contributed by atoms with Crippen molar-refractivity contribution in [2.75, 3.05) is 23.7 Å². The molecule has 10 heteroatoms. The van der Waals surface area contributed by atoms with Crippen molar-refractivity contribution >= 4 is 40.2 Å². The van der Waals surface area contributed by atoms with Crippen LogP contribution in [-0.4, -0.2) is 38.7 Å². The van der Waals surface area contributed by atoms with Crippen LogP contribution in [0.1, 0.15) is 57.2 Å². The number of H-pyrrole nitrogens is 1. The smallest absolute Gasteiger partial charge is 0.258 e. The molecular weight excluding hydrogens is 520 g/mol. The lowest BCUT2D eigenvalue weighted by atomic mass is 10.0. The fourth-order valence-corrected chi connectivity index (χ4v) is 6.36. The lowest BCUT2D eigenvalue weighted by Crippen LogP contribution is -2.29. The molecule has 1 saturated heterocycles. The molecule has 1 amide bonds. The molecule has 0 bridgehead atoms. The van der Waals surface area contributed by atoms with Crippen molar-refractivity contribution in [2.45, 2.75) is 44.8 Å². The van der Waals surface area contributed by atoms with E-state index >= 15 is 0 Å². The van der Waals surface area contributed by atoms with Crippen molar-refractivity contribution in [3.8, 4) is 0 Å². The maximum Gasteiger partial charge on any atom is 0.258 e. The van der Waals surface area contributed by atoms with Crippen LogP contribution in [0.4, 0.5) is 11.4 Å². The molecular formula is C28H29ClN6O2S. The Kier molecular flexibility index (Phi) is 7.06. The number of hydrogen-bond donors (Lipinski definition) is 3. The highest BCUT2D eigenvalue weighted by atomic mass is 35.5. The molecule has 1 unspecified atom stereocenters. The van der Waals surface area contributed by atoms with Gasteiger partial charge in [-0.3, -0.25) is 19.2 Å². The number of halogens is 1. The Labute approximate surface area is 229 Å². The molecule has 0 spiro atoms. The van der Waals surface area contributed by atoms with E-state index in [1.165, 1.54) is 54.1 Å². The van der Waals surface area contributed by atoms with Gasteiger partial charge < -0.3 is 15.6 Å². The standard InChI is InChI=1S/C28H29ClN6O2S/c29-26-7-5-22(38-26)17-35-16-20(13-31-35)27(36)32-21-12-23(28(37)30-14-21)25-11-19-10-18(4-6-24(19)33-25)15-34-8-2-1-3-9-34/h4-7,10,12-14,16,25,33H,1-3,8-9,11,15,17H2,(H,30,37)(H,32,36). The van der Waals surface area contributed by atoms with Crippen LogP contribution in [0.25, 0.3) is 0 Å². The third kappa shape index (κ3) is 5.55. The van der Waals surface area contributed by atoms with E-state index in [1.807, 2.05) is 12.1 Å². The summed E-state index contributed by atoms with van der Waals surface area (Å²) in [5.41, 5.74) is 5.00. The highest BCUT2D eigenvalue weighted by Crippen LogP contribution is 2.34. The van der Waals surface area contributed by atoms with Crippen LogP contribution >= 0.6 is 22.9 Å². The van der Waals surface area contributed by atoms with Gasteiger partial charge in [-0.1, -0.05) is 30.2 Å². The number of thiophene rings is 1. The third-order valence-electron chi connectivity index (χ3n) is 7.19. The van der Waals surface area contributed by atoms with Gasteiger partial charge in [0.2, 0.25) is 0 Å². The largest absolute Gasteiger partial charge is 0.377 e. The molecule has 3 aromatic heterocycles. The Morgan fingerprint density at radius 3 is 2.82 bits per heavy atom. The molecule has 2 aliphatic heterocycles. The number of nitrogens with one attached hydrogen (secondary N) is 3. The van der Waals surface area contributed by atoms with Gasteiger partial charge in [-0.15, -0.1) is 11.3 Å². The number of hydrogen-bond acceptors (Lipinski definition) is 6. The Balaban J connectivity index is 1.12. The van der Waals surface area contributed by atoms with Crippen molar-refractivity contribution in [2.24, 2.45) is 0 Å². The van der Waals surface area contributed by atoms with Gasteiger partial charge in [0, 0.05) is 35.1 Å². The van der Waals surface area contributed by atoms with Gasteiger partial charge in [0.1, 0.15) is 0 Å². The number of benzene rings is 1. The van der Waals surface area contributed by atoms with Crippen LogP contribution in [0.5, 0.6) is 0 Å². The molecule has 1 fully saturated rings. The molecule has 0 aliphatic carbocycles. The van der Waals surface area contributed by atoms with Crippen LogP contribution in [0, 0.1) is 0 Å². The van der Waals surface area contributed by atoms with Gasteiger partial charge >= 0.3 is 0 Å². The molecule has 6 rings (SSSR count). The Bertz CT molecular complexity index is 1520. The predicted molar refractivity (Wildman–Crippen MR) is 151 cm³/mol. The van der Waals surface area contributed by atoms with E-state index in [4.69, 9.17) is 11.6 Å². The fourth-order valence-electron chi connectivity index (χ4n) is 5.28. The van der Waals surface area contributed by atoms with Gasteiger partial charge in [0.15, 0.2) is 0 Å². The lowest BCUT2D eigenvalue weighted by Gasteiger charge is -2.26. The number of likely N-dealkylation sites (tertiary alicyclic amines) is 1. The van der Waals surface area contributed by atoms with Crippen molar-refractivity contribution in [1.29, 1.82) is 0 Å². The number of carbonyl (C=O) groups excluding carboxylic acids is 1. The minimum Gasteiger partial charge on any atom is -0.377 e. The molecule has 0 saturated carbocycles. The number of anilines is 2. The van der Waals surface area contributed by atoms with Crippen LogP contribution in [0.2, 0.25) is 4.34 Å². The van der Waals surface area contributed by atoms with Crippen molar-refractivity contribution < 1.29 is 4.79 Å². The van der Waals surface area contributed by atoms with Crippen molar-refractivity contribution in [1.82, 2.24) is 19.7 Å². The number of aromatic nitrogens is 3. The monoisotopic (exact) mass is 548 g/mol. The SMILES string of the molecule is O=C(Nc1c[nH]c(=O)c(C2Cc3cc(CN4CCCCC4)ccc3N2)c1)c1cnn(Cc2ccc(Cl)s2)c1. The van der Waals surface area contributed by atoms with Crippen molar-refractivity contribution in [3.63, 3.8) is 0 Å². The molecule has 3 N–H and O–H groups in total. The van der Waals surface area contributed by atoms with E-state index in [0.717, 1.165) is 41.0 Å². The van der Waals surface area contributed by atoms with Gasteiger partial charge in [-0.05, 0) is 67.7 Å². The third-order valence-corrected chi connectivity index (χ3v) is 8.40. The molecule has 0 radical (unpaired) electrons. The summed E-state index contributed by atoms with van der Waals surface area (Å²) in [5, 5.41) is 10.7. The number of piperidine rings is 1. The fraction of sp³-hybridized carbons (Fsp3) is 0.321. The second kappa shape index (κ2) is 10.8. The average molecular weight is 549 g/mol. The highest BCUT2D eigenvalue weighted by Gasteiger charge is 2.25. The normalized spacial score (nSPS) is 17.2. The van der Waals surface area contributed by atoms with Crippen LogP contribution < -0.4 is 16.2 Å². The zero-order chi connectivity index (χ0) is 26.1.